The van der Waals surface area contributed by atoms with Crippen LogP contribution in [-0.2, 0) is 4.79 Å². The van der Waals surface area contributed by atoms with E-state index >= 15 is 0 Å². The van der Waals surface area contributed by atoms with Crippen LogP contribution in [0.3, 0.4) is 0 Å². The number of nitrogens with zero attached hydrogens (tertiary/aromatic N) is 1. The lowest BCUT2D eigenvalue weighted by atomic mass is 10.1. The molecule has 1 aliphatic carbocycles. The van der Waals surface area contributed by atoms with E-state index in [1.54, 1.807) is 14.2 Å². The molecule has 1 saturated carbocycles. The molecule has 0 aromatic heterocycles. The Morgan fingerprint density at radius 2 is 1.70 bits per heavy atom. The number of rotatable bonds is 5. The predicted molar refractivity (Wildman–Crippen MR) is 87.0 cm³/mol. The number of likely N-dealkylation sites (tertiary alicyclic amines) is 1. The molecule has 23 heavy (non-hydrogen) atoms. The molecule has 1 amide bonds. The number of hydrogen-bond acceptors (Lipinski definition) is 4. The Morgan fingerprint density at radius 1 is 1.13 bits per heavy atom. The van der Waals surface area contributed by atoms with Gasteiger partial charge in [0.15, 0.2) is 11.5 Å². The summed E-state index contributed by atoms with van der Waals surface area (Å²) in [7, 11) is 3.25. The largest absolute Gasteiger partial charge is 0.493 e. The summed E-state index contributed by atoms with van der Waals surface area (Å²) in [5.74, 6) is 3.16. The molecule has 0 N–H and O–H groups in total. The van der Waals surface area contributed by atoms with Crippen LogP contribution in [0, 0.1) is 11.8 Å². The summed E-state index contributed by atoms with van der Waals surface area (Å²) in [5.41, 5.74) is 0. The van der Waals surface area contributed by atoms with Gasteiger partial charge in [0.2, 0.25) is 11.7 Å². The zero-order valence-electron chi connectivity index (χ0n) is 14.1. The zero-order chi connectivity index (χ0) is 16.4. The van der Waals surface area contributed by atoms with Crippen LogP contribution in [0.25, 0.3) is 0 Å². The number of piperidine rings is 1. The maximum Gasteiger partial charge on any atom is 0.225 e. The van der Waals surface area contributed by atoms with E-state index in [9.17, 15) is 4.79 Å². The smallest absolute Gasteiger partial charge is 0.225 e. The molecule has 1 heterocycles. The number of amides is 1. The SMILES string of the molecule is COc1cccc(OC)c1OC1CCN(C(=O)[C@H]2C[C@H]2C)CC1. The lowest BCUT2D eigenvalue weighted by Gasteiger charge is -2.33. The van der Waals surface area contributed by atoms with Crippen molar-refractivity contribution in [1.82, 2.24) is 4.90 Å². The molecule has 126 valence electrons. The molecule has 3 rings (SSSR count). The summed E-state index contributed by atoms with van der Waals surface area (Å²) < 4.78 is 16.9. The van der Waals surface area contributed by atoms with Crippen molar-refractivity contribution in [2.45, 2.75) is 32.3 Å². The molecule has 0 unspecified atom stereocenters. The highest BCUT2D eigenvalue weighted by Gasteiger charge is 2.42. The van der Waals surface area contributed by atoms with Crippen molar-refractivity contribution in [2.24, 2.45) is 11.8 Å². The summed E-state index contributed by atoms with van der Waals surface area (Å²) in [6, 6.07) is 5.61. The number of benzene rings is 1. The number of methoxy groups -OCH3 is 2. The monoisotopic (exact) mass is 319 g/mol. The van der Waals surface area contributed by atoms with Crippen LogP contribution in [0.2, 0.25) is 0 Å². The number of ether oxygens (including phenoxy) is 3. The van der Waals surface area contributed by atoms with Gasteiger partial charge in [-0.1, -0.05) is 13.0 Å². The maximum atomic E-state index is 12.3. The summed E-state index contributed by atoms with van der Waals surface area (Å²) in [6.07, 6.45) is 2.82. The molecule has 1 aromatic carbocycles. The van der Waals surface area contributed by atoms with E-state index in [4.69, 9.17) is 14.2 Å². The van der Waals surface area contributed by atoms with Crippen molar-refractivity contribution < 1.29 is 19.0 Å². The van der Waals surface area contributed by atoms with Gasteiger partial charge < -0.3 is 19.1 Å². The van der Waals surface area contributed by atoms with Crippen molar-refractivity contribution in [2.75, 3.05) is 27.3 Å². The molecule has 0 bridgehead atoms. The fourth-order valence-corrected chi connectivity index (χ4v) is 3.19. The molecule has 1 aliphatic heterocycles. The zero-order valence-corrected chi connectivity index (χ0v) is 14.1. The maximum absolute atomic E-state index is 12.3. The molecule has 1 saturated heterocycles. The van der Waals surface area contributed by atoms with Gasteiger partial charge in [0, 0.05) is 31.8 Å². The average Bonchev–Trinajstić information content (AvgIpc) is 3.32. The number of para-hydroxylation sites is 1. The van der Waals surface area contributed by atoms with Gasteiger partial charge in [0.1, 0.15) is 6.10 Å². The Morgan fingerprint density at radius 3 is 2.17 bits per heavy atom. The minimum absolute atomic E-state index is 0.0841. The third-order valence-electron chi connectivity index (χ3n) is 4.85. The minimum atomic E-state index is 0.0841. The normalized spacial score (nSPS) is 24.2. The predicted octanol–water partition coefficient (Wildman–Crippen LogP) is 2.73. The van der Waals surface area contributed by atoms with Crippen molar-refractivity contribution in [3.8, 4) is 17.2 Å². The molecule has 2 aliphatic rings. The standard InChI is InChI=1S/C18H25NO4/c1-12-11-14(12)18(20)19-9-7-13(8-10-19)23-17-15(21-2)5-4-6-16(17)22-3/h4-6,12-14H,7-11H2,1-3H3/t12-,14+/m1/s1. The van der Waals surface area contributed by atoms with Gasteiger partial charge in [-0.25, -0.2) is 0 Å². The summed E-state index contributed by atoms with van der Waals surface area (Å²) in [5, 5.41) is 0. The van der Waals surface area contributed by atoms with Crippen molar-refractivity contribution >= 4 is 5.91 Å². The van der Waals surface area contributed by atoms with E-state index in [1.165, 1.54) is 0 Å². The molecule has 1 aromatic rings. The van der Waals surface area contributed by atoms with Crippen LogP contribution in [0.4, 0.5) is 0 Å². The van der Waals surface area contributed by atoms with Gasteiger partial charge in [-0.05, 0) is 24.5 Å². The highest BCUT2D eigenvalue weighted by atomic mass is 16.5. The van der Waals surface area contributed by atoms with Gasteiger partial charge in [0.05, 0.1) is 14.2 Å². The minimum Gasteiger partial charge on any atom is -0.493 e. The van der Waals surface area contributed by atoms with Gasteiger partial charge in [-0.15, -0.1) is 0 Å². The first-order chi connectivity index (χ1) is 11.1. The molecule has 0 radical (unpaired) electrons. The second-order valence-corrected chi connectivity index (χ2v) is 6.45. The molecular weight excluding hydrogens is 294 g/mol. The molecular formula is C18H25NO4. The lowest BCUT2D eigenvalue weighted by molar-refractivity contribution is -0.134. The van der Waals surface area contributed by atoms with Crippen molar-refractivity contribution in [3.05, 3.63) is 18.2 Å². The first-order valence-corrected chi connectivity index (χ1v) is 8.30. The number of carbonyl (C=O) groups excluding carboxylic acids is 1. The van der Waals surface area contributed by atoms with Gasteiger partial charge >= 0.3 is 0 Å². The Hall–Kier alpha value is -1.91. The summed E-state index contributed by atoms with van der Waals surface area (Å²) in [6.45, 7) is 3.68. The fourth-order valence-electron chi connectivity index (χ4n) is 3.19. The van der Waals surface area contributed by atoms with E-state index in [1.807, 2.05) is 23.1 Å². The van der Waals surface area contributed by atoms with Crippen LogP contribution in [0.1, 0.15) is 26.2 Å². The molecule has 2 atom stereocenters. The van der Waals surface area contributed by atoms with Gasteiger partial charge in [0.25, 0.3) is 0 Å². The fraction of sp³-hybridized carbons (Fsp3) is 0.611. The average molecular weight is 319 g/mol. The van der Waals surface area contributed by atoms with Crippen LogP contribution < -0.4 is 14.2 Å². The van der Waals surface area contributed by atoms with Crippen LogP contribution >= 0.6 is 0 Å². The second-order valence-electron chi connectivity index (χ2n) is 6.45. The highest BCUT2D eigenvalue weighted by Crippen LogP contribution is 2.41. The lowest BCUT2D eigenvalue weighted by Crippen LogP contribution is -2.42. The molecule has 0 spiro atoms. The topological polar surface area (TPSA) is 48.0 Å². The third-order valence-corrected chi connectivity index (χ3v) is 4.85. The Labute approximate surface area is 137 Å². The van der Waals surface area contributed by atoms with Crippen LogP contribution in [-0.4, -0.2) is 44.2 Å². The van der Waals surface area contributed by atoms with Crippen molar-refractivity contribution in [1.29, 1.82) is 0 Å². The Bertz CT molecular complexity index is 544. The van der Waals surface area contributed by atoms with E-state index in [0.29, 0.717) is 29.1 Å². The first kappa shape index (κ1) is 16.0. The van der Waals surface area contributed by atoms with Crippen LogP contribution in [0.15, 0.2) is 18.2 Å². The van der Waals surface area contributed by atoms with Gasteiger partial charge in [-0.2, -0.15) is 0 Å². The highest BCUT2D eigenvalue weighted by molar-refractivity contribution is 5.81. The van der Waals surface area contributed by atoms with E-state index in [-0.39, 0.29) is 12.0 Å². The van der Waals surface area contributed by atoms with Crippen molar-refractivity contribution in [3.63, 3.8) is 0 Å². The Kier molecular flexibility index (Phi) is 4.64. The third kappa shape index (κ3) is 3.38. The molecule has 2 fully saturated rings. The van der Waals surface area contributed by atoms with E-state index in [2.05, 4.69) is 6.92 Å². The molecule has 5 nitrogen and oxygen atoms in total. The Balaban J connectivity index is 1.60. The number of hydrogen-bond donors (Lipinski definition) is 0. The second kappa shape index (κ2) is 6.69. The van der Waals surface area contributed by atoms with E-state index in [0.717, 1.165) is 32.4 Å². The van der Waals surface area contributed by atoms with Crippen LogP contribution in [0.5, 0.6) is 17.2 Å². The summed E-state index contributed by atoms with van der Waals surface area (Å²) in [4.78, 5) is 14.3. The van der Waals surface area contributed by atoms with Gasteiger partial charge in [-0.3, -0.25) is 4.79 Å². The number of carbonyl (C=O) groups is 1. The first-order valence-electron chi connectivity index (χ1n) is 8.30. The summed E-state index contributed by atoms with van der Waals surface area (Å²) >= 11 is 0. The van der Waals surface area contributed by atoms with E-state index < -0.39 is 0 Å². The molecule has 5 heteroatoms. The quantitative estimate of drug-likeness (QED) is 0.837.